The van der Waals surface area contributed by atoms with Gasteiger partial charge in [0, 0.05) is 5.02 Å². The summed E-state index contributed by atoms with van der Waals surface area (Å²) in [6.45, 7) is 1.88. The van der Waals surface area contributed by atoms with E-state index < -0.39 is 0 Å². The molecule has 1 aromatic carbocycles. The number of hydrogen-bond acceptors (Lipinski definition) is 1. The number of benzene rings is 1. The van der Waals surface area contributed by atoms with Crippen molar-refractivity contribution in [3.05, 3.63) is 27.7 Å². The van der Waals surface area contributed by atoms with Gasteiger partial charge in [0.15, 0.2) is 0 Å². The van der Waals surface area contributed by atoms with Gasteiger partial charge in [-0.25, -0.2) is 0 Å². The van der Waals surface area contributed by atoms with E-state index in [1.165, 1.54) is 0 Å². The van der Waals surface area contributed by atoms with E-state index in [0.717, 1.165) is 5.56 Å². The van der Waals surface area contributed by atoms with Crippen molar-refractivity contribution in [1.29, 1.82) is 0 Å². The molecule has 0 atom stereocenters. The van der Waals surface area contributed by atoms with Crippen LogP contribution in [0.2, 0.25) is 10.0 Å². The van der Waals surface area contributed by atoms with Gasteiger partial charge in [0.2, 0.25) is 0 Å². The first-order valence-electron chi connectivity index (χ1n) is 2.82. The van der Waals surface area contributed by atoms with Gasteiger partial charge in [-0.1, -0.05) is 23.2 Å². The summed E-state index contributed by atoms with van der Waals surface area (Å²) in [4.78, 5) is 0. The first-order valence-corrected chi connectivity index (χ1v) is 3.58. The molecule has 0 bridgehead atoms. The van der Waals surface area contributed by atoms with Crippen molar-refractivity contribution in [3.63, 3.8) is 0 Å². The van der Waals surface area contributed by atoms with Crippen molar-refractivity contribution in [2.45, 2.75) is 6.92 Å². The molecule has 0 aliphatic carbocycles. The fourth-order valence-electron chi connectivity index (χ4n) is 0.662. The topological polar surface area (TPSA) is 26.0 Å². The first kappa shape index (κ1) is 7.70. The zero-order chi connectivity index (χ0) is 7.72. The summed E-state index contributed by atoms with van der Waals surface area (Å²) in [5.41, 5.74) is 6.94. The highest BCUT2D eigenvalue weighted by atomic mass is 35.5. The number of halogens is 2. The summed E-state index contributed by atoms with van der Waals surface area (Å²) in [5.74, 6) is 0. The molecule has 2 N–H and O–H groups in total. The molecule has 1 nitrogen and oxygen atoms in total. The van der Waals surface area contributed by atoms with Crippen LogP contribution in [0.15, 0.2) is 12.1 Å². The molecule has 3 heteroatoms. The minimum atomic E-state index is 0.525. The monoisotopic (exact) mass is 175 g/mol. The Kier molecular flexibility index (Phi) is 2.07. The Morgan fingerprint density at radius 1 is 1.20 bits per heavy atom. The molecule has 54 valence electrons. The molecule has 1 rings (SSSR count). The highest BCUT2D eigenvalue weighted by Gasteiger charge is 1.99. The van der Waals surface area contributed by atoms with E-state index in [9.17, 15) is 0 Å². The number of nitrogens with two attached hydrogens (primary N) is 1. The maximum absolute atomic E-state index is 5.75. The van der Waals surface area contributed by atoms with E-state index in [1.54, 1.807) is 12.1 Å². The second kappa shape index (κ2) is 2.69. The van der Waals surface area contributed by atoms with Crippen molar-refractivity contribution in [2.24, 2.45) is 0 Å². The van der Waals surface area contributed by atoms with Gasteiger partial charge in [-0.05, 0) is 24.6 Å². The van der Waals surface area contributed by atoms with Gasteiger partial charge in [0.05, 0.1) is 10.7 Å². The van der Waals surface area contributed by atoms with Crippen LogP contribution in [0.4, 0.5) is 5.69 Å². The molecule has 0 aliphatic rings. The Morgan fingerprint density at radius 2 is 1.80 bits per heavy atom. The van der Waals surface area contributed by atoms with Gasteiger partial charge in [-0.15, -0.1) is 0 Å². The largest absolute Gasteiger partial charge is 0.397 e. The third-order valence-electron chi connectivity index (χ3n) is 1.28. The maximum atomic E-state index is 5.75. The molecule has 0 saturated carbocycles. The van der Waals surface area contributed by atoms with Crippen molar-refractivity contribution in [2.75, 3.05) is 5.73 Å². The second-order valence-electron chi connectivity index (χ2n) is 2.12. The second-order valence-corrected chi connectivity index (χ2v) is 2.94. The Balaban J connectivity index is 3.28. The number of rotatable bonds is 0. The smallest absolute Gasteiger partial charge is 0.0639 e. The Hall–Kier alpha value is -0.400. The van der Waals surface area contributed by atoms with Crippen LogP contribution in [0.3, 0.4) is 0 Å². The van der Waals surface area contributed by atoms with Gasteiger partial charge in [0.1, 0.15) is 0 Å². The highest BCUT2D eigenvalue weighted by molar-refractivity contribution is 6.35. The van der Waals surface area contributed by atoms with E-state index in [1.807, 2.05) is 6.92 Å². The zero-order valence-corrected chi connectivity index (χ0v) is 7.00. The molecule has 0 aliphatic heterocycles. The molecule has 0 amide bonds. The van der Waals surface area contributed by atoms with E-state index in [-0.39, 0.29) is 0 Å². The fourth-order valence-corrected chi connectivity index (χ4v) is 1.05. The lowest BCUT2D eigenvalue weighted by Gasteiger charge is -2.00. The molecule has 0 heterocycles. The molecule has 0 spiro atoms. The Morgan fingerprint density at radius 3 is 2.30 bits per heavy atom. The van der Waals surface area contributed by atoms with E-state index in [0.29, 0.717) is 15.7 Å². The molecule has 10 heavy (non-hydrogen) atoms. The van der Waals surface area contributed by atoms with Crippen LogP contribution in [0.1, 0.15) is 5.56 Å². The summed E-state index contributed by atoms with van der Waals surface area (Å²) in [7, 11) is 0. The average Bonchev–Trinajstić information content (AvgIpc) is 1.84. The van der Waals surface area contributed by atoms with E-state index >= 15 is 0 Å². The van der Waals surface area contributed by atoms with Crippen LogP contribution in [0.5, 0.6) is 0 Å². The molecule has 0 unspecified atom stereocenters. The molecule has 1 aromatic rings. The van der Waals surface area contributed by atoms with Gasteiger partial charge < -0.3 is 5.73 Å². The minimum Gasteiger partial charge on any atom is -0.397 e. The average molecular weight is 176 g/mol. The van der Waals surface area contributed by atoms with Gasteiger partial charge >= 0.3 is 0 Å². The third kappa shape index (κ3) is 1.36. The van der Waals surface area contributed by atoms with E-state index in [2.05, 4.69) is 0 Å². The third-order valence-corrected chi connectivity index (χ3v) is 2.01. The first-order chi connectivity index (χ1) is 4.61. The lowest BCUT2D eigenvalue weighted by molar-refractivity contribution is 1.47. The molecule has 0 aromatic heterocycles. The summed E-state index contributed by atoms with van der Waals surface area (Å²) < 4.78 is 0. The summed E-state index contributed by atoms with van der Waals surface area (Å²) in [6.07, 6.45) is 0. The zero-order valence-electron chi connectivity index (χ0n) is 5.49. The normalized spacial score (nSPS) is 9.90. The van der Waals surface area contributed by atoms with Crippen LogP contribution in [-0.4, -0.2) is 0 Å². The number of aryl methyl sites for hydroxylation is 1. The lowest BCUT2D eigenvalue weighted by atomic mass is 10.2. The highest BCUT2D eigenvalue weighted by Crippen LogP contribution is 2.25. The Labute approximate surface area is 69.7 Å². The van der Waals surface area contributed by atoms with E-state index in [4.69, 9.17) is 28.9 Å². The fraction of sp³-hybridized carbons (Fsp3) is 0.143. The van der Waals surface area contributed by atoms with Crippen LogP contribution in [0.25, 0.3) is 0 Å². The minimum absolute atomic E-state index is 0.525. The number of anilines is 1. The quantitative estimate of drug-likeness (QED) is 0.604. The van der Waals surface area contributed by atoms with Crippen LogP contribution in [-0.2, 0) is 0 Å². The predicted molar refractivity (Wildman–Crippen MR) is 45.6 cm³/mol. The molecular weight excluding hydrogens is 169 g/mol. The summed E-state index contributed by atoms with van der Waals surface area (Å²) in [5, 5.41) is 1.21. The van der Waals surface area contributed by atoms with Crippen molar-refractivity contribution >= 4 is 28.9 Å². The van der Waals surface area contributed by atoms with Gasteiger partial charge in [0.25, 0.3) is 0 Å². The Bertz CT molecular complexity index is 208. The maximum Gasteiger partial charge on any atom is 0.0639 e. The number of nitrogen functional groups attached to an aromatic ring is 1. The standard InChI is InChI=1S/C7H7Cl2N/c1-4-2-6(9)7(10)3-5(4)8/h2-3H,10H2,1H3. The van der Waals surface area contributed by atoms with Crippen LogP contribution < -0.4 is 5.73 Å². The van der Waals surface area contributed by atoms with Gasteiger partial charge in [-0.3, -0.25) is 0 Å². The van der Waals surface area contributed by atoms with Crippen LogP contribution >= 0.6 is 23.2 Å². The lowest BCUT2D eigenvalue weighted by Crippen LogP contribution is -1.86. The van der Waals surface area contributed by atoms with Crippen LogP contribution in [0, 0.1) is 6.92 Å². The van der Waals surface area contributed by atoms with Gasteiger partial charge in [-0.2, -0.15) is 0 Å². The van der Waals surface area contributed by atoms with Crippen molar-refractivity contribution in [1.82, 2.24) is 0 Å². The molecular formula is C7H7Cl2N. The molecule has 0 fully saturated rings. The molecule has 0 radical (unpaired) electrons. The number of hydrogen-bond donors (Lipinski definition) is 1. The predicted octanol–water partition coefficient (Wildman–Crippen LogP) is 2.88. The molecule has 0 saturated heterocycles. The summed E-state index contributed by atoms with van der Waals surface area (Å²) in [6, 6.07) is 3.40. The van der Waals surface area contributed by atoms with Crippen molar-refractivity contribution in [3.8, 4) is 0 Å². The van der Waals surface area contributed by atoms with Crippen molar-refractivity contribution < 1.29 is 0 Å². The SMILES string of the molecule is Cc1cc(Cl)c(N)cc1Cl. The summed E-state index contributed by atoms with van der Waals surface area (Å²) >= 11 is 11.4.